The summed E-state index contributed by atoms with van der Waals surface area (Å²) in [4.78, 5) is 2.94. The van der Waals surface area contributed by atoms with Gasteiger partial charge in [-0.2, -0.15) is 5.21 Å². The van der Waals surface area contributed by atoms with Gasteiger partial charge in [0.05, 0.1) is 15.8 Å². The number of nitrogens with one attached hydrogen (secondary N) is 2. The quantitative estimate of drug-likeness (QED) is 0.195. The summed E-state index contributed by atoms with van der Waals surface area (Å²) in [6, 6.07) is 6.78. The van der Waals surface area contributed by atoms with Gasteiger partial charge in [0.25, 0.3) is 0 Å². The summed E-state index contributed by atoms with van der Waals surface area (Å²) in [5.41, 5.74) is 12.3. The van der Waals surface area contributed by atoms with Crippen molar-refractivity contribution in [3.05, 3.63) is 30.3 Å². The van der Waals surface area contributed by atoms with Gasteiger partial charge < -0.3 is 11.5 Å². The van der Waals surface area contributed by atoms with E-state index in [1.165, 1.54) is 17.4 Å². The maximum absolute atomic E-state index is 13.1. The van der Waals surface area contributed by atoms with Crippen molar-refractivity contribution in [3.8, 4) is 22.5 Å². The van der Waals surface area contributed by atoms with Gasteiger partial charge in [-0.15, -0.1) is 10.2 Å². The number of aromatic nitrogens is 5. The number of anilines is 1. The molecule has 1 unspecified atom stereocenters. The van der Waals surface area contributed by atoms with Gasteiger partial charge in [0, 0.05) is 18.2 Å². The monoisotopic (exact) mass is 541 g/mol. The van der Waals surface area contributed by atoms with Crippen LogP contribution in [0.4, 0.5) is 9.52 Å². The van der Waals surface area contributed by atoms with Crippen molar-refractivity contribution in [3.63, 3.8) is 0 Å². The van der Waals surface area contributed by atoms with Crippen LogP contribution in [0.25, 0.3) is 32.7 Å². The van der Waals surface area contributed by atoms with E-state index in [2.05, 4.69) is 30.3 Å². The van der Waals surface area contributed by atoms with E-state index in [1.807, 2.05) is 0 Å². The minimum atomic E-state index is -4.67. The topological polar surface area (TPSA) is 226 Å². The zero-order valence-electron chi connectivity index (χ0n) is 17.8. The molecule has 17 heteroatoms. The summed E-state index contributed by atoms with van der Waals surface area (Å²) in [6.45, 7) is -1.07. The molecule has 0 bridgehead atoms. The number of sulfonamides is 2. The molecule has 4 aromatic rings. The first kappa shape index (κ1) is 25.0. The summed E-state index contributed by atoms with van der Waals surface area (Å²) in [5.74, 6) is -0.208. The molecular formula is C18H20FN9O4S3. The number of hydrogen-bond acceptors (Lipinski definition) is 11. The number of nitrogens with two attached hydrogens (primary N) is 3. The van der Waals surface area contributed by atoms with Crippen LogP contribution >= 0.6 is 11.3 Å². The van der Waals surface area contributed by atoms with E-state index in [0.717, 1.165) is 10.8 Å². The van der Waals surface area contributed by atoms with Crippen molar-refractivity contribution >= 4 is 46.7 Å². The van der Waals surface area contributed by atoms with Crippen LogP contribution in [0.1, 0.15) is 6.42 Å². The first-order valence-electron chi connectivity index (χ1n) is 9.93. The standard InChI is InChI=1S/C18H20FN9O4S3/c19-8-9(20)6-7-23-35(31,32)13-5-4-10(11-2-1-3-12-15(11)24-18(21)33-12)14(16(13)34(22,29)30)17-25-27-28-26-17/h1-5,9,23H,6-8,20H2,(H2,21,24)(H2,22,29,30)(H,25,26,27,28). The summed E-state index contributed by atoms with van der Waals surface area (Å²) in [7, 11) is -9.10. The lowest BCUT2D eigenvalue weighted by Crippen LogP contribution is -2.32. The fourth-order valence-electron chi connectivity index (χ4n) is 3.49. The van der Waals surface area contributed by atoms with E-state index in [-0.39, 0.29) is 35.0 Å². The van der Waals surface area contributed by atoms with Crippen molar-refractivity contribution in [2.75, 3.05) is 19.0 Å². The van der Waals surface area contributed by atoms with Gasteiger partial charge in [0.15, 0.2) is 5.13 Å². The molecule has 0 saturated carbocycles. The normalized spacial score (nSPS) is 13.3. The fourth-order valence-corrected chi connectivity index (χ4v) is 6.90. The van der Waals surface area contributed by atoms with Crippen molar-refractivity contribution < 1.29 is 21.2 Å². The predicted octanol–water partition coefficient (Wildman–Crippen LogP) is 0.338. The Kier molecular flexibility index (Phi) is 6.80. The lowest BCUT2D eigenvalue weighted by molar-refractivity contribution is 0.413. The van der Waals surface area contributed by atoms with Crippen molar-refractivity contribution in [2.45, 2.75) is 22.3 Å². The van der Waals surface area contributed by atoms with Gasteiger partial charge in [-0.1, -0.05) is 29.5 Å². The third-order valence-electron chi connectivity index (χ3n) is 5.00. The van der Waals surface area contributed by atoms with E-state index in [0.29, 0.717) is 11.1 Å². The third kappa shape index (κ3) is 5.00. The van der Waals surface area contributed by atoms with E-state index in [1.54, 1.807) is 18.2 Å². The number of rotatable bonds is 9. The van der Waals surface area contributed by atoms with Crippen LogP contribution in [0.2, 0.25) is 0 Å². The minimum Gasteiger partial charge on any atom is -0.375 e. The number of hydrogen-bond donors (Lipinski definition) is 5. The van der Waals surface area contributed by atoms with E-state index in [9.17, 15) is 21.2 Å². The Bertz CT molecular complexity index is 1590. The number of tetrazole rings is 1. The number of H-pyrrole nitrogens is 1. The third-order valence-corrected chi connectivity index (χ3v) is 8.47. The van der Waals surface area contributed by atoms with E-state index in [4.69, 9.17) is 16.6 Å². The Morgan fingerprint density at radius 1 is 1.14 bits per heavy atom. The van der Waals surface area contributed by atoms with Crippen LogP contribution < -0.4 is 21.3 Å². The fraction of sp³-hybridized carbons (Fsp3) is 0.222. The second kappa shape index (κ2) is 9.51. The number of fused-ring (bicyclic) bond motifs is 1. The molecule has 0 aliphatic carbocycles. The molecule has 186 valence electrons. The summed E-state index contributed by atoms with van der Waals surface area (Å²) in [6.07, 6.45) is -0.0105. The van der Waals surface area contributed by atoms with Gasteiger partial charge in [-0.3, -0.25) is 0 Å². The lowest BCUT2D eigenvalue weighted by Gasteiger charge is -2.17. The van der Waals surface area contributed by atoms with Gasteiger partial charge in [0.2, 0.25) is 25.9 Å². The van der Waals surface area contributed by atoms with Gasteiger partial charge in [-0.05, 0) is 29.3 Å². The highest BCUT2D eigenvalue weighted by Gasteiger charge is 2.32. The number of nitrogen functional groups attached to an aromatic ring is 1. The molecule has 8 N–H and O–H groups in total. The summed E-state index contributed by atoms with van der Waals surface area (Å²) in [5, 5.41) is 19.2. The maximum Gasteiger partial charge on any atom is 0.241 e. The van der Waals surface area contributed by atoms with Crippen molar-refractivity contribution in [1.82, 2.24) is 30.3 Å². The molecular weight excluding hydrogens is 521 g/mol. The number of para-hydroxylation sites is 1. The molecule has 2 aromatic carbocycles. The molecule has 13 nitrogen and oxygen atoms in total. The first-order chi connectivity index (χ1) is 16.5. The Labute approximate surface area is 203 Å². The van der Waals surface area contributed by atoms with E-state index < -0.39 is 42.6 Å². The molecule has 0 aliphatic rings. The zero-order chi connectivity index (χ0) is 25.4. The Hall–Kier alpha value is -3.09. The number of primary sulfonamides is 1. The van der Waals surface area contributed by atoms with Crippen molar-refractivity contribution in [1.29, 1.82) is 0 Å². The molecule has 0 radical (unpaired) electrons. The predicted molar refractivity (Wildman–Crippen MR) is 128 cm³/mol. The Balaban J connectivity index is 1.99. The number of benzene rings is 2. The van der Waals surface area contributed by atoms with Crippen LogP contribution in [0.5, 0.6) is 0 Å². The van der Waals surface area contributed by atoms with Gasteiger partial charge >= 0.3 is 0 Å². The lowest BCUT2D eigenvalue weighted by atomic mass is 9.98. The Morgan fingerprint density at radius 3 is 2.57 bits per heavy atom. The van der Waals surface area contributed by atoms with Crippen LogP contribution in [0.15, 0.2) is 40.1 Å². The molecule has 0 saturated heterocycles. The average molecular weight is 542 g/mol. The summed E-state index contributed by atoms with van der Waals surface area (Å²) >= 11 is 1.23. The van der Waals surface area contributed by atoms with Crippen LogP contribution in [0.3, 0.4) is 0 Å². The molecule has 2 heterocycles. The largest absolute Gasteiger partial charge is 0.375 e. The zero-order valence-corrected chi connectivity index (χ0v) is 20.3. The molecule has 0 amide bonds. The highest BCUT2D eigenvalue weighted by molar-refractivity contribution is 7.92. The second-order valence-electron chi connectivity index (χ2n) is 7.40. The molecule has 4 rings (SSSR count). The van der Waals surface area contributed by atoms with Gasteiger partial charge in [0.1, 0.15) is 16.5 Å². The SMILES string of the molecule is Nc1nc2c(-c3ccc(S(=O)(=O)NCCC(N)CF)c(S(N)(=O)=O)c3-c3nn[nH]n3)cccc2s1. The summed E-state index contributed by atoms with van der Waals surface area (Å²) < 4.78 is 67.4. The highest BCUT2D eigenvalue weighted by Crippen LogP contribution is 2.41. The molecule has 0 spiro atoms. The van der Waals surface area contributed by atoms with Crippen molar-refractivity contribution in [2.24, 2.45) is 10.9 Å². The molecule has 0 aliphatic heterocycles. The Morgan fingerprint density at radius 2 is 1.91 bits per heavy atom. The molecule has 35 heavy (non-hydrogen) atoms. The number of nitrogens with zero attached hydrogens (tertiary/aromatic N) is 4. The highest BCUT2D eigenvalue weighted by atomic mass is 32.2. The minimum absolute atomic E-state index is 0.0105. The van der Waals surface area contributed by atoms with Crippen LogP contribution in [0, 0.1) is 0 Å². The number of halogens is 1. The smallest absolute Gasteiger partial charge is 0.241 e. The van der Waals surface area contributed by atoms with Gasteiger partial charge in [-0.25, -0.2) is 36.1 Å². The first-order valence-corrected chi connectivity index (χ1v) is 13.8. The number of aromatic amines is 1. The van der Waals surface area contributed by atoms with Crippen LogP contribution in [-0.2, 0) is 20.0 Å². The maximum atomic E-state index is 13.1. The number of alkyl halides is 1. The molecule has 2 aromatic heterocycles. The number of thiazole rings is 1. The molecule has 1 atom stereocenters. The average Bonchev–Trinajstić information content (AvgIpc) is 3.46. The van der Waals surface area contributed by atoms with Crippen LogP contribution in [-0.4, -0.2) is 61.7 Å². The van der Waals surface area contributed by atoms with E-state index >= 15 is 0 Å². The second-order valence-corrected chi connectivity index (χ2v) is 11.7. The molecule has 0 fully saturated rings.